The summed E-state index contributed by atoms with van der Waals surface area (Å²) in [5.74, 6) is 0.177. The Morgan fingerprint density at radius 2 is 1.81 bits per heavy atom. The minimum atomic E-state index is 0.0344. The number of carbonyl (C=O) groups excluding carboxylic acids is 1. The van der Waals surface area contributed by atoms with Gasteiger partial charge in [0, 0.05) is 25.7 Å². The summed E-state index contributed by atoms with van der Waals surface area (Å²) in [6, 6.07) is 10.0. The third-order valence-electron chi connectivity index (χ3n) is 4.08. The molecule has 1 aromatic rings. The van der Waals surface area contributed by atoms with E-state index in [0.29, 0.717) is 13.0 Å². The summed E-state index contributed by atoms with van der Waals surface area (Å²) in [6.07, 6.45) is 5.31. The lowest BCUT2D eigenvalue weighted by Gasteiger charge is -2.23. The van der Waals surface area contributed by atoms with Gasteiger partial charge in [-0.25, -0.2) is 0 Å². The maximum Gasteiger partial charge on any atom is 0.236 e. The van der Waals surface area contributed by atoms with E-state index >= 15 is 0 Å². The molecule has 2 N–H and O–H groups in total. The molecule has 4 heteroatoms. The highest BCUT2D eigenvalue weighted by molar-refractivity contribution is 5.78. The van der Waals surface area contributed by atoms with Crippen LogP contribution in [0, 0.1) is 0 Å². The number of carbonyl (C=O) groups is 1. The highest BCUT2D eigenvalue weighted by Crippen LogP contribution is 2.16. The Hall–Kier alpha value is -1.39. The monoisotopic (exact) mass is 290 g/mol. The molecule has 0 saturated carbocycles. The van der Waals surface area contributed by atoms with Crippen LogP contribution in [-0.2, 0) is 4.79 Å². The highest BCUT2D eigenvalue weighted by Gasteiger charge is 2.17. The van der Waals surface area contributed by atoms with E-state index in [4.69, 9.17) is 0 Å². The van der Waals surface area contributed by atoms with Crippen LogP contribution in [0.2, 0.25) is 0 Å². The van der Waals surface area contributed by atoms with Crippen LogP contribution >= 0.6 is 0 Å². The summed E-state index contributed by atoms with van der Waals surface area (Å²) < 4.78 is 0. The lowest BCUT2D eigenvalue weighted by atomic mass is 10.0. The molecule has 0 radical (unpaired) electrons. The van der Waals surface area contributed by atoms with Gasteiger partial charge in [-0.1, -0.05) is 43.2 Å². The highest BCUT2D eigenvalue weighted by atomic mass is 16.3. The molecular formula is C17H26N2O2. The van der Waals surface area contributed by atoms with E-state index in [1.807, 2.05) is 35.2 Å². The first kappa shape index (κ1) is 16.0. The van der Waals surface area contributed by atoms with Crippen molar-refractivity contribution in [3.05, 3.63) is 35.9 Å². The summed E-state index contributed by atoms with van der Waals surface area (Å²) in [6.45, 7) is 2.23. The molecule has 1 unspecified atom stereocenters. The molecule has 1 aliphatic heterocycles. The Balaban J connectivity index is 1.87. The molecule has 0 aromatic heterocycles. The average molecular weight is 290 g/mol. The van der Waals surface area contributed by atoms with Gasteiger partial charge in [0.25, 0.3) is 0 Å². The number of hydrogen-bond acceptors (Lipinski definition) is 3. The number of nitrogens with zero attached hydrogens (tertiary/aromatic N) is 1. The Kier molecular flexibility index (Phi) is 6.70. The smallest absolute Gasteiger partial charge is 0.236 e. The van der Waals surface area contributed by atoms with E-state index in [1.54, 1.807) is 0 Å². The first-order chi connectivity index (χ1) is 10.3. The van der Waals surface area contributed by atoms with Gasteiger partial charge in [-0.05, 0) is 24.8 Å². The topological polar surface area (TPSA) is 52.6 Å². The molecule has 1 atom stereocenters. The third kappa shape index (κ3) is 5.14. The van der Waals surface area contributed by atoms with Crippen molar-refractivity contribution in [3.63, 3.8) is 0 Å². The lowest BCUT2D eigenvalue weighted by Crippen LogP contribution is -2.40. The normalized spacial score (nSPS) is 17.3. The van der Waals surface area contributed by atoms with Gasteiger partial charge in [0.2, 0.25) is 5.91 Å². The molecule has 0 bridgehead atoms. The second-order valence-corrected chi connectivity index (χ2v) is 5.65. The van der Waals surface area contributed by atoms with Crippen LogP contribution in [0.25, 0.3) is 0 Å². The summed E-state index contributed by atoms with van der Waals surface area (Å²) in [5, 5.41) is 12.5. The molecule has 1 fully saturated rings. The molecular weight excluding hydrogens is 264 g/mol. The first-order valence-corrected chi connectivity index (χ1v) is 7.98. The molecule has 0 aliphatic carbocycles. The van der Waals surface area contributed by atoms with E-state index in [-0.39, 0.29) is 18.6 Å². The van der Waals surface area contributed by atoms with Crippen molar-refractivity contribution in [1.29, 1.82) is 0 Å². The lowest BCUT2D eigenvalue weighted by molar-refractivity contribution is -0.130. The fourth-order valence-corrected chi connectivity index (χ4v) is 2.84. The van der Waals surface area contributed by atoms with Gasteiger partial charge in [-0.15, -0.1) is 0 Å². The predicted molar refractivity (Wildman–Crippen MR) is 83.9 cm³/mol. The fraction of sp³-hybridized carbons (Fsp3) is 0.588. The average Bonchev–Trinajstić information content (AvgIpc) is 2.81. The van der Waals surface area contributed by atoms with Crippen LogP contribution in [0.5, 0.6) is 0 Å². The van der Waals surface area contributed by atoms with Crippen molar-refractivity contribution in [2.45, 2.75) is 38.1 Å². The SMILES string of the molecule is O=C(CNC(CCO)c1ccccc1)N1CCCCCC1. The second kappa shape index (κ2) is 8.80. The van der Waals surface area contributed by atoms with Gasteiger partial charge in [0.05, 0.1) is 6.54 Å². The number of hydrogen-bond donors (Lipinski definition) is 2. The summed E-state index contributed by atoms with van der Waals surface area (Å²) in [4.78, 5) is 14.3. The quantitative estimate of drug-likeness (QED) is 0.843. The minimum absolute atomic E-state index is 0.0344. The molecule has 1 saturated heterocycles. The number of likely N-dealkylation sites (tertiary alicyclic amines) is 1. The van der Waals surface area contributed by atoms with E-state index in [0.717, 1.165) is 31.5 Å². The molecule has 1 amide bonds. The van der Waals surface area contributed by atoms with Crippen molar-refractivity contribution in [2.75, 3.05) is 26.2 Å². The van der Waals surface area contributed by atoms with E-state index in [1.165, 1.54) is 12.8 Å². The van der Waals surface area contributed by atoms with E-state index in [2.05, 4.69) is 5.32 Å². The second-order valence-electron chi connectivity index (χ2n) is 5.65. The van der Waals surface area contributed by atoms with E-state index in [9.17, 15) is 9.90 Å². The van der Waals surface area contributed by atoms with Crippen LogP contribution in [0.1, 0.15) is 43.7 Å². The third-order valence-corrected chi connectivity index (χ3v) is 4.08. The largest absolute Gasteiger partial charge is 0.396 e. The Morgan fingerprint density at radius 3 is 2.43 bits per heavy atom. The molecule has 116 valence electrons. The van der Waals surface area contributed by atoms with Crippen LogP contribution in [0.4, 0.5) is 0 Å². The number of aliphatic hydroxyl groups excluding tert-OH is 1. The van der Waals surface area contributed by atoms with E-state index < -0.39 is 0 Å². The molecule has 1 aromatic carbocycles. The van der Waals surface area contributed by atoms with Crippen LogP contribution in [0.15, 0.2) is 30.3 Å². The van der Waals surface area contributed by atoms with Crippen molar-refractivity contribution >= 4 is 5.91 Å². The number of benzene rings is 1. The van der Waals surface area contributed by atoms with Gasteiger partial charge in [0.1, 0.15) is 0 Å². The Labute approximate surface area is 127 Å². The Morgan fingerprint density at radius 1 is 1.14 bits per heavy atom. The first-order valence-electron chi connectivity index (χ1n) is 7.98. The standard InChI is InChI=1S/C17H26N2O2/c20-13-10-16(15-8-4-3-5-9-15)18-14-17(21)19-11-6-1-2-7-12-19/h3-5,8-9,16,18,20H,1-2,6-7,10-14H2. The van der Waals surface area contributed by atoms with Gasteiger partial charge in [-0.2, -0.15) is 0 Å². The van der Waals surface area contributed by atoms with Crippen LogP contribution < -0.4 is 5.32 Å². The van der Waals surface area contributed by atoms with Crippen LogP contribution in [0.3, 0.4) is 0 Å². The molecule has 1 aliphatic rings. The number of nitrogens with one attached hydrogen (secondary N) is 1. The van der Waals surface area contributed by atoms with Crippen molar-refractivity contribution in [2.24, 2.45) is 0 Å². The zero-order chi connectivity index (χ0) is 14.9. The Bertz CT molecular complexity index is 414. The van der Waals surface area contributed by atoms with Crippen molar-refractivity contribution in [3.8, 4) is 0 Å². The maximum atomic E-state index is 12.3. The molecule has 4 nitrogen and oxygen atoms in total. The van der Waals surface area contributed by atoms with Gasteiger partial charge >= 0.3 is 0 Å². The summed E-state index contributed by atoms with van der Waals surface area (Å²) >= 11 is 0. The zero-order valence-corrected chi connectivity index (χ0v) is 12.6. The van der Waals surface area contributed by atoms with Crippen molar-refractivity contribution in [1.82, 2.24) is 10.2 Å². The summed E-state index contributed by atoms with van der Waals surface area (Å²) in [5.41, 5.74) is 1.12. The molecule has 0 spiro atoms. The minimum Gasteiger partial charge on any atom is -0.396 e. The number of amides is 1. The predicted octanol–water partition coefficient (Wildman–Crippen LogP) is 2.10. The van der Waals surface area contributed by atoms with Gasteiger partial charge in [-0.3, -0.25) is 4.79 Å². The van der Waals surface area contributed by atoms with Crippen molar-refractivity contribution < 1.29 is 9.90 Å². The molecule has 1 heterocycles. The van der Waals surface area contributed by atoms with Gasteiger partial charge < -0.3 is 15.3 Å². The molecule has 21 heavy (non-hydrogen) atoms. The number of rotatable bonds is 6. The zero-order valence-electron chi connectivity index (χ0n) is 12.6. The molecule has 2 rings (SSSR count). The summed E-state index contributed by atoms with van der Waals surface area (Å²) in [7, 11) is 0. The van der Waals surface area contributed by atoms with Crippen LogP contribution in [-0.4, -0.2) is 42.2 Å². The van der Waals surface area contributed by atoms with Gasteiger partial charge in [0.15, 0.2) is 0 Å². The maximum absolute atomic E-state index is 12.3. The number of aliphatic hydroxyl groups is 1. The fourth-order valence-electron chi connectivity index (χ4n) is 2.84.